The molecule has 0 spiro atoms. The number of amides is 2. The molecule has 8 heteroatoms. The molecule has 202 valence electrons. The molecule has 3 aromatic carbocycles. The van der Waals surface area contributed by atoms with Crippen LogP contribution in [0.2, 0.25) is 0 Å². The Morgan fingerprint density at radius 2 is 1.69 bits per heavy atom. The number of benzene rings is 3. The molecule has 4 aromatic rings. The Kier molecular flexibility index (Phi) is 7.04. The van der Waals surface area contributed by atoms with Crippen LogP contribution >= 0.6 is 0 Å². The van der Waals surface area contributed by atoms with E-state index in [-0.39, 0.29) is 11.8 Å². The van der Waals surface area contributed by atoms with Gasteiger partial charge < -0.3 is 25.7 Å². The van der Waals surface area contributed by atoms with E-state index in [2.05, 4.69) is 52.8 Å². The van der Waals surface area contributed by atoms with Crippen LogP contribution in [0.5, 0.6) is 0 Å². The van der Waals surface area contributed by atoms with E-state index in [4.69, 9.17) is 15.5 Å². The third kappa shape index (κ3) is 5.06. The summed E-state index contributed by atoms with van der Waals surface area (Å²) in [5.74, 6) is 0.519. The Hall–Kier alpha value is -4.33. The topological polar surface area (TPSA) is 113 Å². The summed E-state index contributed by atoms with van der Waals surface area (Å²) in [6, 6.07) is 20.0. The summed E-state index contributed by atoms with van der Waals surface area (Å²) in [5, 5.41) is 4.97. The first-order valence-corrected chi connectivity index (χ1v) is 13.3. The fourth-order valence-corrected chi connectivity index (χ4v) is 5.46. The maximum absolute atomic E-state index is 13.6. The molecule has 39 heavy (non-hydrogen) atoms. The fraction of sp³-hybridized carbons (Fsp3) is 0.323. The Balaban J connectivity index is 1.37. The standard InChI is InChI=1S/C31H35N5O3/c1-19(2)27(35-30(38)39-4)28(37)36-15-5-14-31(36,3)29-33-18-26(34-29)21-8-6-20(7-9-21)22-10-11-24-17-25(32)13-12-23(24)16-22/h6-13,16-19,27H,5,14-15,32H2,1-4H3,(H,33,34)(H,35,38). The number of imidazole rings is 1. The van der Waals surface area contributed by atoms with Crippen molar-refractivity contribution in [1.82, 2.24) is 20.2 Å². The number of carbonyl (C=O) groups excluding carboxylic acids is 2. The number of aromatic amines is 1. The maximum Gasteiger partial charge on any atom is 0.407 e. The molecule has 0 aliphatic carbocycles. The van der Waals surface area contributed by atoms with E-state index >= 15 is 0 Å². The number of H-pyrrole nitrogens is 1. The first kappa shape index (κ1) is 26.3. The van der Waals surface area contributed by atoms with Crippen LogP contribution in [0.3, 0.4) is 0 Å². The van der Waals surface area contributed by atoms with Gasteiger partial charge in [-0.1, -0.05) is 56.3 Å². The molecule has 4 N–H and O–H groups in total. The quantitative estimate of drug-likeness (QED) is 0.280. The zero-order valence-corrected chi connectivity index (χ0v) is 22.8. The van der Waals surface area contributed by atoms with Gasteiger partial charge in [0, 0.05) is 12.2 Å². The molecule has 1 aliphatic heterocycles. The summed E-state index contributed by atoms with van der Waals surface area (Å²) in [6.45, 7) is 6.46. The van der Waals surface area contributed by atoms with Crippen molar-refractivity contribution in [2.75, 3.05) is 19.4 Å². The van der Waals surface area contributed by atoms with Crippen molar-refractivity contribution in [1.29, 1.82) is 0 Å². The van der Waals surface area contributed by atoms with Crippen molar-refractivity contribution in [3.8, 4) is 22.4 Å². The summed E-state index contributed by atoms with van der Waals surface area (Å²) in [5.41, 5.74) is 10.2. The Morgan fingerprint density at radius 3 is 2.41 bits per heavy atom. The number of aromatic nitrogens is 2. The van der Waals surface area contributed by atoms with E-state index in [0.717, 1.165) is 57.5 Å². The number of nitrogens with one attached hydrogen (secondary N) is 2. The Bertz CT molecular complexity index is 1510. The summed E-state index contributed by atoms with van der Waals surface area (Å²) in [6.07, 6.45) is 2.85. The van der Waals surface area contributed by atoms with Crippen LogP contribution in [0.4, 0.5) is 10.5 Å². The van der Waals surface area contributed by atoms with Crippen LogP contribution in [0.25, 0.3) is 33.2 Å². The smallest absolute Gasteiger partial charge is 0.407 e. The molecule has 2 atom stereocenters. The minimum atomic E-state index is -0.677. The average molecular weight is 526 g/mol. The number of alkyl carbamates (subject to hydrolysis) is 1. The highest BCUT2D eigenvalue weighted by Gasteiger charge is 2.45. The SMILES string of the molecule is COC(=O)NC(C(=O)N1CCCC1(C)c1ncc(-c2ccc(-c3ccc4cc(N)ccc4c3)cc2)[nH]1)C(C)C. The number of carbonyl (C=O) groups is 2. The predicted octanol–water partition coefficient (Wildman–Crippen LogP) is 5.70. The number of nitrogens with zero attached hydrogens (tertiary/aromatic N) is 2. The first-order valence-electron chi connectivity index (χ1n) is 13.3. The molecule has 8 nitrogen and oxygen atoms in total. The normalized spacial score (nSPS) is 17.9. The van der Waals surface area contributed by atoms with Gasteiger partial charge >= 0.3 is 6.09 Å². The maximum atomic E-state index is 13.6. The van der Waals surface area contributed by atoms with E-state index in [1.165, 1.54) is 7.11 Å². The molecule has 0 saturated carbocycles. The molecule has 2 unspecified atom stereocenters. The van der Waals surface area contributed by atoms with E-state index in [1.54, 1.807) is 0 Å². The van der Waals surface area contributed by atoms with Crippen molar-refractivity contribution >= 4 is 28.5 Å². The molecular formula is C31H35N5O3. The lowest BCUT2D eigenvalue weighted by Gasteiger charge is -2.37. The Morgan fingerprint density at radius 1 is 1.03 bits per heavy atom. The summed E-state index contributed by atoms with van der Waals surface area (Å²) < 4.78 is 4.75. The van der Waals surface area contributed by atoms with Gasteiger partial charge in [0.1, 0.15) is 11.9 Å². The number of methoxy groups -OCH3 is 1. The van der Waals surface area contributed by atoms with Crippen LogP contribution in [0, 0.1) is 5.92 Å². The van der Waals surface area contributed by atoms with Crippen LogP contribution < -0.4 is 11.1 Å². The zero-order chi connectivity index (χ0) is 27.7. The second kappa shape index (κ2) is 10.4. The lowest BCUT2D eigenvalue weighted by atomic mass is 9.95. The number of ether oxygens (including phenoxy) is 1. The second-order valence-electron chi connectivity index (χ2n) is 10.8. The number of anilines is 1. The van der Waals surface area contributed by atoms with Gasteiger partial charge in [0.15, 0.2) is 0 Å². The summed E-state index contributed by atoms with van der Waals surface area (Å²) in [7, 11) is 1.30. The fourth-order valence-electron chi connectivity index (χ4n) is 5.46. The van der Waals surface area contributed by atoms with Crippen molar-refractivity contribution in [2.45, 2.75) is 45.2 Å². The van der Waals surface area contributed by atoms with E-state index in [9.17, 15) is 9.59 Å². The van der Waals surface area contributed by atoms with Crippen molar-refractivity contribution in [3.63, 3.8) is 0 Å². The average Bonchev–Trinajstić information content (AvgIpc) is 3.59. The molecule has 5 rings (SSSR count). The van der Waals surface area contributed by atoms with Crippen molar-refractivity contribution in [2.24, 2.45) is 5.92 Å². The largest absolute Gasteiger partial charge is 0.453 e. The van der Waals surface area contributed by atoms with Gasteiger partial charge in [-0.2, -0.15) is 0 Å². The first-order chi connectivity index (χ1) is 18.7. The van der Waals surface area contributed by atoms with Crippen LogP contribution in [-0.4, -0.2) is 46.6 Å². The van der Waals surface area contributed by atoms with Gasteiger partial charge in [0.2, 0.25) is 5.91 Å². The second-order valence-corrected chi connectivity index (χ2v) is 10.8. The molecule has 1 aromatic heterocycles. The summed E-state index contributed by atoms with van der Waals surface area (Å²) >= 11 is 0. The molecule has 1 aliphatic rings. The number of rotatable bonds is 6. The lowest BCUT2D eigenvalue weighted by molar-refractivity contribution is -0.138. The van der Waals surface area contributed by atoms with Crippen molar-refractivity contribution in [3.05, 3.63) is 72.7 Å². The number of hydrogen-bond donors (Lipinski definition) is 3. The van der Waals surface area contributed by atoms with Gasteiger partial charge in [-0.3, -0.25) is 4.79 Å². The molecule has 2 amide bonds. The number of fused-ring (bicyclic) bond motifs is 1. The molecule has 0 bridgehead atoms. The monoisotopic (exact) mass is 525 g/mol. The highest BCUT2D eigenvalue weighted by molar-refractivity contribution is 5.90. The third-order valence-corrected chi connectivity index (χ3v) is 7.78. The number of hydrogen-bond acceptors (Lipinski definition) is 5. The van der Waals surface area contributed by atoms with E-state index < -0.39 is 17.7 Å². The van der Waals surface area contributed by atoms with Gasteiger partial charge in [0.25, 0.3) is 0 Å². The Labute approximate surface area is 228 Å². The van der Waals surface area contributed by atoms with Gasteiger partial charge in [-0.05, 0) is 71.3 Å². The predicted molar refractivity (Wildman–Crippen MR) is 154 cm³/mol. The van der Waals surface area contributed by atoms with Crippen LogP contribution in [-0.2, 0) is 15.1 Å². The van der Waals surface area contributed by atoms with E-state index in [1.807, 2.05) is 50.1 Å². The molecule has 1 saturated heterocycles. The van der Waals surface area contributed by atoms with Gasteiger partial charge in [-0.15, -0.1) is 0 Å². The zero-order valence-electron chi connectivity index (χ0n) is 22.8. The minimum Gasteiger partial charge on any atom is -0.453 e. The molecule has 0 radical (unpaired) electrons. The van der Waals surface area contributed by atoms with Crippen molar-refractivity contribution < 1.29 is 14.3 Å². The van der Waals surface area contributed by atoms with Gasteiger partial charge in [-0.25, -0.2) is 9.78 Å². The van der Waals surface area contributed by atoms with E-state index in [0.29, 0.717) is 6.54 Å². The molecular weight excluding hydrogens is 490 g/mol. The number of likely N-dealkylation sites (tertiary alicyclic amines) is 1. The minimum absolute atomic E-state index is 0.0899. The molecule has 1 fully saturated rings. The summed E-state index contributed by atoms with van der Waals surface area (Å²) in [4.78, 5) is 35.5. The number of nitrogen functional groups attached to an aromatic ring is 1. The van der Waals surface area contributed by atoms with Crippen LogP contribution in [0.1, 0.15) is 39.4 Å². The number of nitrogens with two attached hydrogens (primary N) is 1. The lowest BCUT2D eigenvalue weighted by Crippen LogP contribution is -2.55. The highest BCUT2D eigenvalue weighted by atomic mass is 16.5. The third-order valence-electron chi connectivity index (χ3n) is 7.78. The molecule has 2 heterocycles. The highest BCUT2D eigenvalue weighted by Crippen LogP contribution is 2.39. The van der Waals surface area contributed by atoms with Crippen LogP contribution in [0.15, 0.2) is 66.9 Å². The van der Waals surface area contributed by atoms with Gasteiger partial charge in [0.05, 0.1) is 24.5 Å².